The molecule has 0 aromatic heterocycles. The molecule has 6 heteroatoms. The third-order valence-corrected chi connectivity index (χ3v) is 5.85. The van der Waals surface area contributed by atoms with E-state index >= 15 is 0 Å². The smallest absolute Gasteiger partial charge is 0.407 e. The number of carbonyl (C=O) groups excluding carboxylic acids is 1. The Morgan fingerprint density at radius 3 is 2.65 bits per heavy atom. The molecule has 1 saturated carbocycles. The quantitative estimate of drug-likeness (QED) is 0.830. The fourth-order valence-electron chi connectivity index (χ4n) is 3.82. The van der Waals surface area contributed by atoms with E-state index in [9.17, 15) is 14.7 Å². The van der Waals surface area contributed by atoms with Crippen LogP contribution in [0.5, 0.6) is 0 Å². The van der Waals surface area contributed by atoms with Crippen LogP contribution in [0.3, 0.4) is 0 Å². The SMILES string of the molecule is CC(=O)C=C[C@]12CN(C(=O)O)CC[C@@]1(c1ccc(Cl)c(Cl)c1)C2. The number of halogens is 2. The lowest BCUT2D eigenvalue weighted by Crippen LogP contribution is -2.44. The van der Waals surface area contributed by atoms with Crippen molar-refractivity contribution < 1.29 is 14.7 Å². The first-order valence-corrected chi connectivity index (χ1v) is 8.18. The second kappa shape index (κ2) is 5.53. The molecular weight excluding hydrogens is 337 g/mol. The van der Waals surface area contributed by atoms with Crippen molar-refractivity contribution in [2.75, 3.05) is 13.1 Å². The second-order valence-electron chi connectivity index (χ2n) is 6.44. The van der Waals surface area contributed by atoms with Crippen LogP contribution in [0.1, 0.15) is 25.3 Å². The van der Waals surface area contributed by atoms with E-state index in [-0.39, 0.29) is 16.6 Å². The van der Waals surface area contributed by atoms with E-state index in [1.807, 2.05) is 18.2 Å². The van der Waals surface area contributed by atoms with Crippen molar-refractivity contribution in [3.05, 3.63) is 46.0 Å². The van der Waals surface area contributed by atoms with Gasteiger partial charge in [0, 0.05) is 23.9 Å². The molecular formula is C17H17Cl2NO3. The number of likely N-dealkylation sites (tertiary alicyclic amines) is 1. The van der Waals surface area contributed by atoms with Crippen molar-refractivity contribution in [2.45, 2.75) is 25.2 Å². The van der Waals surface area contributed by atoms with Crippen LogP contribution >= 0.6 is 23.2 Å². The molecule has 1 saturated heterocycles. The van der Waals surface area contributed by atoms with Crippen LogP contribution in [0, 0.1) is 5.41 Å². The summed E-state index contributed by atoms with van der Waals surface area (Å²) in [4.78, 5) is 24.1. The second-order valence-corrected chi connectivity index (χ2v) is 7.26. The molecule has 3 rings (SSSR count). The summed E-state index contributed by atoms with van der Waals surface area (Å²) in [5, 5.41) is 10.3. The normalized spacial score (nSPS) is 29.4. The molecule has 0 bridgehead atoms. The first-order chi connectivity index (χ1) is 10.8. The minimum atomic E-state index is -0.921. The van der Waals surface area contributed by atoms with Gasteiger partial charge in [-0.3, -0.25) is 4.79 Å². The maximum Gasteiger partial charge on any atom is 0.407 e. The average molecular weight is 354 g/mol. The molecule has 1 aromatic rings. The predicted octanol–water partition coefficient (Wildman–Crippen LogP) is 4.15. The van der Waals surface area contributed by atoms with Gasteiger partial charge in [-0.25, -0.2) is 4.79 Å². The maximum absolute atomic E-state index is 11.3. The van der Waals surface area contributed by atoms with Crippen LogP contribution in [-0.4, -0.2) is 35.0 Å². The number of allylic oxidation sites excluding steroid dienone is 1. The molecule has 2 aliphatic rings. The number of fused-ring (bicyclic) bond motifs is 1. The number of hydrogen-bond acceptors (Lipinski definition) is 2. The Labute approximate surface area is 144 Å². The van der Waals surface area contributed by atoms with Crippen molar-refractivity contribution in [3.63, 3.8) is 0 Å². The molecule has 4 nitrogen and oxygen atoms in total. The zero-order chi connectivity index (χ0) is 16.8. The molecule has 23 heavy (non-hydrogen) atoms. The van der Waals surface area contributed by atoms with Gasteiger partial charge in [0.1, 0.15) is 0 Å². The third-order valence-electron chi connectivity index (χ3n) is 5.11. The third kappa shape index (κ3) is 2.64. The Balaban J connectivity index is 1.99. The van der Waals surface area contributed by atoms with Gasteiger partial charge in [0.25, 0.3) is 0 Å². The highest BCUT2D eigenvalue weighted by molar-refractivity contribution is 6.42. The number of benzene rings is 1. The summed E-state index contributed by atoms with van der Waals surface area (Å²) < 4.78 is 0. The largest absolute Gasteiger partial charge is 0.465 e. The minimum absolute atomic E-state index is 0.0400. The van der Waals surface area contributed by atoms with Gasteiger partial charge in [-0.05, 0) is 43.5 Å². The Hall–Kier alpha value is -1.52. The summed E-state index contributed by atoms with van der Waals surface area (Å²) in [6.45, 7) is 2.37. The van der Waals surface area contributed by atoms with Gasteiger partial charge < -0.3 is 10.0 Å². The van der Waals surface area contributed by atoms with E-state index in [4.69, 9.17) is 23.2 Å². The summed E-state index contributed by atoms with van der Waals surface area (Å²) >= 11 is 12.2. The highest BCUT2D eigenvalue weighted by Gasteiger charge is 2.68. The Kier molecular flexibility index (Phi) is 3.93. The standard InChI is InChI=1S/C17H17Cl2NO3/c1-11(21)4-5-16-9-17(16,6-7-20(10-16)15(22)23)12-2-3-13(18)14(19)8-12/h2-5,8H,6-7,9-10H2,1H3,(H,22,23)/t16-,17-/m0/s1. The van der Waals surface area contributed by atoms with Crippen molar-refractivity contribution in [1.82, 2.24) is 4.90 Å². The molecule has 1 heterocycles. The van der Waals surface area contributed by atoms with Crippen molar-refractivity contribution in [3.8, 4) is 0 Å². The highest BCUT2D eigenvalue weighted by Crippen LogP contribution is 2.69. The molecule has 1 aliphatic heterocycles. The lowest BCUT2D eigenvalue weighted by molar-refractivity contribution is -0.112. The van der Waals surface area contributed by atoms with E-state index in [2.05, 4.69) is 0 Å². The summed E-state index contributed by atoms with van der Waals surface area (Å²) in [5.74, 6) is -0.0400. The monoisotopic (exact) mass is 353 g/mol. The number of amides is 1. The molecule has 122 valence electrons. The number of ketones is 1. The molecule has 2 fully saturated rings. The average Bonchev–Trinajstić information content (AvgIpc) is 3.17. The van der Waals surface area contributed by atoms with Gasteiger partial charge in [-0.1, -0.05) is 35.3 Å². The molecule has 0 spiro atoms. The molecule has 0 unspecified atom stereocenters. The van der Waals surface area contributed by atoms with Crippen LogP contribution in [0.4, 0.5) is 4.79 Å². The van der Waals surface area contributed by atoms with Gasteiger partial charge in [0.05, 0.1) is 10.0 Å². The zero-order valence-corrected chi connectivity index (χ0v) is 14.2. The fraction of sp³-hybridized carbons (Fsp3) is 0.412. The molecule has 1 amide bonds. The molecule has 2 atom stereocenters. The van der Waals surface area contributed by atoms with Gasteiger partial charge in [0.15, 0.2) is 5.78 Å². The zero-order valence-electron chi connectivity index (χ0n) is 12.7. The van der Waals surface area contributed by atoms with E-state index in [1.165, 1.54) is 11.8 Å². The molecule has 1 aromatic carbocycles. The van der Waals surface area contributed by atoms with E-state index in [0.717, 1.165) is 12.0 Å². The maximum atomic E-state index is 11.3. The van der Waals surface area contributed by atoms with E-state index in [0.29, 0.717) is 29.6 Å². The van der Waals surface area contributed by atoms with E-state index < -0.39 is 6.09 Å². The molecule has 1 aliphatic carbocycles. The predicted molar refractivity (Wildman–Crippen MR) is 89.2 cm³/mol. The Bertz CT molecular complexity index is 718. The first-order valence-electron chi connectivity index (χ1n) is 7.43. The molecule has 1 N–H and O–H groups in total. The lowest BCUT2D eigenvalue weighted by Gasteiger charge is -2.35. The lowest BCUT2D eigenvalue weighted by atomic mass is 9.80. The van der Waals surface area contributed by atoms with Crippen LogP contribution in [0.2, 0.25) is 10.0 Å². The van der Waals surface area contributed by atoms with Gasteiger partial charge in [-0.15, -0.1) is 0 Å². The van der Waals surface area contributed by atoms with Crippen molar-refractivity contribution in [1.29, 1.82) is 0 Å². The Morgan fingerprint density at radius 2 is 2.04 bits per heavy atom. The van der Waals surface area contributed by atoms with Crippen LogP contribution in [-0.2, 0) is 10.2 Å². The van der Waals surface area contributed by atoms with Crippen molar-refractivity contribution >= 4 is 35.1 Å². The highest BCUT2D eigenvalue weighted by atomic mass is 35.5. The van der Waals surface area contributed by atoms with Crippen molar-refractivity contribution in [2.24, 2.45) is 5.41 Å². The number of carbonyl (C=O) groups is 2. The van der Waals surface area contributed by atoms with Gasteiger partial charge in [-0.2, -0.15) is 0 Å². The minimum Gasteiger partial charge on any atom is -0.465 e. The van der Waals surface area contributed by atoms with E-state index in [1.54, 1.807) is 12.1 Å². The first kappa shape index (κ1) is 16.3. The summed E-state index contributed by atoms with van der Waals surface area (Å²) in [6.07, 6.45) is 4.03. The fourth-order valence-corrected chi connectivity index (χ4v) is 4.12. The number of piperidine rings is 1. The summed E-state index contributed by atoms with van der Waals surface area (Å²) in [7, 11) is 0. The number of carboxylic acid groups (broad SMARTS) is 1. The number of hydrogen-bond donors (Lipinski definition) is 1. The number of nitrogens with zero attached hydrogens (tertiary/aromatic N) is 1. The number of rotatable bonds is 3. The van der Waals surface area contributed by atoms with Crippen LogP contribution < -0.4 is 0 Å². The summed E-state index contributed by atoms with van der Waals surface area (Å²) in [5.41, 5.74) is 0.552. The molecule has 0 radical (unpaired) electrons. The van der Waals surface area contributed by atoms with Crippen LogP contribution in [0.15, 0.2) is 30.4 Å². The Morgan fingerprint density at radius 1 is 1.30 bits per heavy atom. The van der Waals surface area contributed by atoms with Gasteiger partial charge >= 0.3 is 6.09 Å². The van der Waals surface area contributed by atoms with Crippen LogP contribution in [0.25, 0.3) is 0 Å². The van der Waals surface area contributed by atoms with Gasteiger partial charge in [0.2, 0.25) is 0 Å². The summed E-state index contributed by atoms with van der Waals surface area (Å²) in [6, 6.07) is 5.59. The topological polar surface area (TPSA) is 57.6 Å².